The number of aromatic nitrogens is 5. The van der Waals surface area contributed by atoms with Gasteiger partial charge in [-0.2, -0.15) is 18.3 Å². The van der Waals surface area contributed by atoms with Crippen molar-refractivity contribution in [2.45, 2.75) is 44.4 Å². The number of amides is 1. The van der Waals surface area contributed by atoms with Crippen molar-refractivity contribution in [3.8, 4) is 0 Å². The van der Waals surface area contributed by atoms with E-state index in [1.54, 1.807) is 12.1 Å². The highest BCUT2D eigenvalue weighted by molar-refractivity contribution is 5.88. The Morgan fingerprint density at radius 3 is 2.70 bits per heavy atom. The molecule has 1 N–H and O–H groups in total. The molecular weight excluding hydrogens is 404 g/mol. The first-order chi connectivity index (χ1) is 14.3. The topological polar surface area (TPSA) is 77.6 Å². The van der Waals surface area contributed by atoms with Crippen LogP contribution in [0.25, 0.3) is 0 Å². The summed E-state index contributed by atoms with van der Waals surface area (Å²) >= 11 is 0. The van der Waals surface area contributed by atoms with Crippen molar-refractivity contribution >= 4 is 11.9 Å². The summed E-state index contributed by atoms with van der Waals surface area (Å²) in [6.07, 6.45) is -1.55. The second kappa shape index (κ2) is 7.88. The summed E-state index contributed by atoms with van der Waals surface area (Å²) in [4.78, 5) is 16.2. The number of aryl methyl sites for hydroxylation is 1. The molecular formula is C19H18F4N6O. The molecule has 7 nitrogen and oxygen atoms in total. The van der Waals surface area contributed by atoms with Crippen molar-refractivity contribution in [2.75, 3.05) is 5.32 Å². The molecule has 1 fully saturated rings. The first kappa shape index (κ1) is 20.0. The zero-order chi connectivity index (χ0) is 21.3. The Morgan fingerprint density at radius 2 is 2.00 bits per heavy atom. The van der Waals surface area contributed by atoms with Gasteiger partial charge in [-0.3, -0.25) is 14.8 Å². The summed E-state index contributed by atoms with van der Waals surface area (Å²) in [7, 11) is 0. The summed E-state index contributed by atoms with van der Waals surface area (Å²) in [5, 5.41) is 10.2. The highest BCUT2D eigenvalue weighted by atomic mass is 19.4. The van der Waals surface area contributed by atoms with Crippen LogP contribution in [0, 0.1) is 5.82 Å². The minimum Gasteiger partial charge on any atom is -0.293 e. The lowest BCUT2D eigenvalue weighted by Crippen LogP contribution is -2.17. The van der Waals surface area contributed by atoms with Crippen molar-refractivity contribution in [3.05, 3.63) is 59.4 Å². The highest BCUT2D eigenvalue weighted by Crippen LogP contribution is 2.42. The van der Waals surface area contributed by atoms with E-state index >= 15 is 0 Å². The van der Waals surface area contributed by atoms with E-state index in [0.29, 0.717) is 11.3 Å². The molecule has 1 saturated carbocycles. The van der Waals surface area contributed by atoms with Crippen LogP contribution in [0.1, 0.15) is 42.1 Å². The third kappa shape index (κ3) is 4.84. The molecule has 2 aromatic heterocycles. The number of hydrogen-bond donors (Lipinski definition) is 1. The Hall–Kier alpha value is -3.24. The molecule has 0 unspecified atom stereocenters. The average molecular weight is 422 g/mol. The highest BCUT2D eigenvalue weighted by Gasteiger charge is 2.37. The maximum atomic E-state index is 13.2. The second-order valence-corrected chi connectivity index (χ2v) is 7.14. The monoisotopic (exact) mass is 422 g/mol. The summed E-state index contributed by atoms with van der Waals surface area (Å²) in [5.41, 5.74) is 0.250. The Morgan fingerprint density at radius 1 is 1.20 bits per heavy atom. The minimum atomic E-state index is -4.52. The molecule has 11 heteroatoms. The fourth-order valence-corrected chi connectivity index (χ4v) is 3.10. The van der Waals surface area contributed by atoms with Crippen LogP contribution in [0.4, 0.5) is 23.5 Å². The van der Waals surface area contributed by atoms with E-state index < -0.39 is 17.8 Å². The molecule has 1 aliphatic carbocycles. The normalized spacial score (nSPS) is 14.1. The molecule has 0 radical (unpaired) electrons. The van der Waals surface area contributed by atoms with Gasteiger partial charge in [-0.25, -0.2) is 14.1 Å². The number of benzene rings is 1. The molecule has 0 spiro atoms. The first-order valence-corrected chi connectivity index (χ1v) is 9.36. The van der Waals surface area contributed by atoms with Gasteiger partial charge in [0.2, 0.25) is 11.9 Å². The summed E-state index contributed by atoms with van der Waals surface area (Å²) in [6, 6.07) is 7.09. The maximum absolute atomic E-state index is 13.2. The van der Waals surface area contributed by atoms with E-state index in [0.717, 1.165) is 18.9 Å². The molecule has 30 heavy (non-hydrogen) atoms. The maximum Gasteiger partial charge on any atom is 0.435 e. The van der Waals surface area contributed by atoms with E-state index in [1.807, 2.05) is 0 Å². The molecule has 0 aliphatic heterocycles. The largest absolute Gasteiger partial charge is 0.435 e. The van der Waals surface area contributed by atoms with Gasteiger partial charge in [0.1, 0.15) is 12.1 Å². The molecule has 0 bridgehead atoms. The molecule has 1 aromatic carbocycles. The fourth-order valence-electron chi connectivity index (χ4n) is 3.10. The van der Waals surface area contributed by atoms with Crippen LogP contribution in [0.2, 0.25) is 0 Å². The molecule has 3 aromatic rings. The smallest absolute Gasteiger partial charge is 0.293 e. The van der Waals surface area contributed by atoms with Gasteiger partial charge >= 0.3 is 6.18 Å². The van der Waals surface area contributed by atoms with Gasteiger partial charge < -0.3 is 0 Å². The van der Waals surface area contributed by atoms with E-state index in [2.05, 4.69) is 20.5 Å². The quantitative estimate of drug-likeness (QED) is 0.591. The Kier molecular flexibility index (Phi) is 5.27. The van der Waals surface area contributed by atoms with Gasteiger partial charge in [0, 0.05) is 18.0 Å². The Balaban J connectivity index is 1.34. The third-order valence-electron chi connectivity index (χ3n) is 4.67. The Labute approximate surface area is 168 Å². The number of nitrogens with zero attached hydrogens (tertiary/aromatic N) is 5. The lowest BCUT2D eigenvalue weighted by atomic mass is 10.2. The zero-order valence-corrected chi connectivity index (χ0v) is 15.7. The van der Waals surface area contributed by atoms with Crippen LogP contribution in [0.15, 0.2) is 36.7 Å². The minimum absolute atomic E-state index is 0.0255. The van der Waals surface area contributed by atoms with Gasteiger partial charge in [-0.05, 0) is 36.6 Å². The second-order valence-electron chi connectivity index (χ2n) is 7.14. The van der Waals surface area contributed by atoms with Crippen LogP contribution in [0.3, 0.4) is 0 Å². The molecule has 158 valence electrons. The number of nitrogens with one attached hydrogen (secondary N) is 1. The van der Waals surface area contributed by atoms with Crippen molar-refractivity contribution < 1.29 is 22.4 Å². The van der Waals surface area contributed by atoms with Gasteiger partial charge in [0.25, 0.3) is 0 Å². The molecule has 4 rings (SSSR count). The van der Waals surface area contributed by atoms with E-state index in [1.165, 1.54) is 27.8 Å². The number of alkyl halides is 3. The van der Waals surface area contributed by atoms with E-state index in [9.17, 15) is 22.4 Å². The Bertz CT molecular complexity index is 1050. The van der Waals surface area contributed by atoms with Crippen molar-refractivity contribution in [1.29, 1.82) is 0 Å². The van der Waals surface area contributed by atoms with Crippen molar-refractivity contribution in [2.24, 2.45) is 0 Å². The van der Waals surface area contributed by atoms with Crippen LogP contribution >= 0.6 is 0 Å². The molecule has 2 heterocycles. The predicted molar refractivity (Wildman–Crippen MR) is 98.0 cm³/mol. The first-order valence-electron chi connectivity index (χ1n) is 9.36. The van der Waals surface area contributed by atoms with Gasteiger partial charge in [0.15, 0.2) is 5.69 Å². The number of halogens is 4. The number of hydrogen-bond acceptors (Lipinski definition) is 4. The predicted octanol–water partition coefficient (Wildman–Crippen LogP) is 3.59. The summed E-state index contributed by atoms with van der Waals surface area (Å²) in [6.45, 7) is 0.302. The molecule has 0 atom stereocenters. The number of anilines is 1. The van der Waals surface area contributed by atoms with Crippen LogP contribution in [0.5, 0.6) is 0 Å². The summed E-state index contributed by atoms with van der Waals surface area (Å²) in [5.74, 6) is -0.671. The van der Waals surface area contributed by atoms with Crippen LogP contribution in [-0.2, 0) is 24.1 Å². The number of carbonyl (C=O) groups is 1. The molecule has 0 saturated heterocycles. The summed E-state index contributed by atoms with van der Waals surface area (Å²) < 4.78 is 54.8. The average Bonchev–Trinajstić information content (AvgIpc) is 3.26. The van der Waals surface area contributed by atoms with E-state index in [4.69, 9.17) is 0 Å². The van der Waals surface area contributed by atoms with Crippen molar-refractivity contribution in [1.82, 2.24) is 24.5 Å². The van der Waals surface area contributed by atoms with Crippen molar-refractivity contribution in [3.63, 3.8) is 0 Å². The number of carbonyl (C=O) groups excluding carboxylic acids is 1. The van der Waals surface area contributed by atoms with E-state index in [-0.39, 0.29) is 37.2 Å². The fraction of sp³-hybridized carbons (Fsp3) is 0.368. The van der Waals surface area contributed by atoms with Gasteiger partial charge in [0.05, 0.1) is 13.1 Å². The molecule has 1 amide bonds. The lowest BCUT2D eigenvalue weighted by molar-refractivity contribution is -0.141. The molecule has 1 aliphatic rings. The standard InChI is InChI=1S/C19H18F4N6O/c20-14-3-1-2-12(8-14)10-28-11-24-18(27-28)25-17(30)6-7-29-15(13-4-5-13)9-16(26-29)19(21,22)23/h1-3,8-9,11,13H,4-7,10H2,(H,25,27,30). The van der Waals surface area contributed by atoms with Gasteiger partial charge in [-0.1, -0.05) is 12.1 Å². The zero-order valence-electron chi connectivity index (χ0n) is 15.7. The van der Waals surface area contributed by atoms with Gasteiger partial charge in [-0.15, -0.1) is 5.10 Å². The number of rotatable bonds is 7. The van der Waals surface area contributed by atoms with Crippen LogP contribution in [-0.4, -0.2) is 30.5 Å². The SMILES string of the molecule is O=C(CCn1nc(C(F)(F)F)cc1C1CC1)Nc1ncn(Cc2cccc(F)c2)n1. The third-order valence-corrected chi connectivity index (χ3v) is 4.67. The lowest BCUT2D eigenvalue weighted by Gasteiger charge is -2.06. The van der Waals surface area contributed by atoms with Crippen LogP contribution < -0.4 is 5.32 Å².